The van der Waals surface area contributed by atoms with Crippen molar-refractivity contribution in [2.24, 2.45) is 0 Å². The number of nitrogen functional groups attached to an aromatic ring is 1. The van der Waals surface area contributed by atoms with Crippen molar-refractivity contribution in [1.82, 2.24) is 15.0 Å². The molecule has 2 N–H and O–H groups in total. The maximum absolute atomic E-state index is 10.7. The summed E-state index contributed by atoms with van der Waals surface area (Å²) in [6.07, 6.45) is 1.93. The van der Waals surface area contributed by atoms with Crippen LogP contribution in [0.25, 0.3) is 11.0 Å². The molecule has 0 aliphatic carbocycles. The average Bonchev–Trinajstić information content (AvgIpc) is 2.18. The van der Waals surface area contributed by atoms with Crippen LogP contribution < -0.4 is 5.73 Å². The zero-order valence-electron chi connectivity index (χ0n) is 6.94. The summed E-state index contributed by atoms with van der Waals surface area (Å²) in [6, 6.07) is 1.43. The van der Waals surface area contributed by atoms with E-state index >= 15 is 0 Å². The quantitative estimate of drug-likeness (QED) is 0.560. The van der Waals surface area contributed by atoms with Crippen molar-refractivity contribution >= 4 is 34.7 Å². The van der Waals surface area contributed by atoms with Gasteiger partial charge in [-0.3, -0.25) is 4.79 Å². The summed E-state index contributed by atoms with van der Waals surface area (Å²) in [7, 11) is 0. The summed E-state index contributed by atoms with van der Waals surface area (Å²) in [5.74, 6) is 0.209. The second-order valence-corrected chi connectivity index (χ2v) is 3.00. The van der Waals surface area contributed by atoms with E-state index in [0.29, 0.717) is 22.9 Å². The number of anilines is 1. The highest BCUT2D eigenvalue weighted by atomic mass is 35.5. The highest BCUT2D eigenvalue weighted by molar-refractivity contribution is 6.30. The third-order valence-corrected chi connectivity index (χ3v) is 1.94. The summed E-state index contributed by atoms with van der Waals surface area (Å²) >= 11 is 5.69. The van der Waals surface area contributed by atoms with E-state index in [0.717, 1.165) is 0 Å². The standard InChI is InChI=1S/C8H5ClN4O/c9-5-1-4(2-14)6-7(13-5)8(10)12-3-11-6/h1-3H,(H2,10,11,12). The SMILES string of the molecule is Nc1ncnc2c(C=O)cc(Cl)nc12. The summed E-state index contributed by atoms with van der Waals surface area (Å²) in [5.41, 5.74) is 6.68. The van der Waals surface area contributed by atoms with Crippen molar-refractivity contribution in [2.45, 2.75) is 0 Å². The molecule has 2 aromatic heterocycles. The first-order valence-electron chi connectivity index (χ1n) is 3.74. The minimum absolute atomic E-state index is 0.195. The van der Waals surface area contributed by atoms with Crippen LogP contribution >= 0.6 is 11.6 Å². The minimum Gasteiger partial charge on any atom is -0.382 e. The minimum atomic E-state index is 0.195. The van der Waals surface area contributed by atoms with Gasteiger partial charge >= 0.3 is 0 Å². The maximum atomic E-state index is 10.7. The van der Waals surface area contributed by atoms with Gasteiger partial charge in [-0.2, -0.15) is 0 Å². The Morgan fingerprint density at radius 1 is 1.36 bits per heavy atom. The molecule has 70 valence electrons. The van der Waals surface area contributed by atoms with E-state index < -0.39 is 0 Å². The van der Waals surface area contributed by atoms with Crippen molar-refractivity contribution < 1.29 is 4.79 Å². The number of pyridine rings is 1. The zero-order chi connectivity index (χ0) is 10.1. The maximum Gasteiger partial charge on any atom is 0.153 e. The van der Waals surface area contributed by atoms with Crippen molar-refractivity contribution in [3.8, 4) is 0 Å². The van der Waals surface area contributed by atoms with Gasteiger partial charge in [0.2, 0.25) is 0 Å². The number of aldehydes is 1. The fourth-order valence-electron chi connectivity index (χ4n) is 1.14. The van der Waals surface area contributed by atoms with Gasteiger partial charge in [0.15, 0.2) is 12.1 Å². The largest absolute Gasteiger partial charge is 0.382 e. The number of hydrogen-bond acceptors (Lipinski definition) is 5. The lowest BCUT2D eigenvalue weighted by Crippen LogP contribution is -1.98. The molecular formula is C8H5ClN4O. The predicted molar refractivity (Wildman–Crippen MR) is 52.1 cm³/mol. The summed E-state index contributed by atoms with van der Waals surface area (Å²) in [4.78, 5) is 22.3. The first kappa shape index (κ1) is 8.83. The van der Waals surface area contributed by atoms with Crippen LogP contribution in [0.1, 0.15) is 10.4 Å². The molecule has 0 unspecified atom stereocenters. The highest BCUT2D eigenvalue weighted by Crippen LogP contribution is 2.20. The van der Waals surface area contributed by atoms with Gasteiger partial charge in [0.25, 0.3) is 0 Å². The number of aromatic nitrogens is 3. The molecule has 0 amide bonds. The number of halogens is 1. The molecule has 0 atom stereocenters. The molecular weight excluding hydrogens is 204 g/mol. The van der Waals surface area contributed by atoms with E-state index in [9.17, 15) is 4.79 Å². The number of nitrogens with two attached hydrogens (primary N) is 1. The van der Waals surface area contributed by atoms with Crippen molar-refractivity contribution in [3.63, 3.8) is 0 Å². The Balaban J connectivity index is 2.94. The fraction of sp³-hybridized carbons (Fsp3) is 0. The molecule has 0 fully saturated rings. The number of nitrogens with zero attached hydrogens (tertiary/aromatic N) is 3. The number of hydrogen-bond donors (Lipinski definition) is 1. The lowest BCUT2D eigenvalue weighted by atomic mass is 10.2. The van der Waals surface area contributed by atoms with Crippen LogP contribution in [-0.2, 0) is 0 Å². The van der Waals surface area contributed by atoms with Crippen LogP contribution in [0.15, 0.2) is 12.4 Å². The topological polar surface area (TPSA) is 81.8 Å². The molecule has 0 bridgehead atoms. The van der Waals surface area contributed by atoms with Crippen molar-refractivity contribution in [1.29, 1.82) is 0 Å². The lowest BCUT2D eigenvalue weighted by molar-refractivity contribution is 0.112. The normalized spacial score (nSPS) is 10.4. The van der Waals surface area contributed by atoms with Crippen LogP contribution in [0.3, 0.4) is 0 Å². The number of fused-ring (bicyclic) bond motifs is 1. The van der Waals surface area contributed by atoms with Crippen LogP contribution in [0, 0.1) is 0 Å². The lowest BCUT2D eigenvalue weighted by Gasteiger charge is -2.01. The molecule has 2 rings (SSSR count). The van der Waals surface area contributed by atoms with Crippen LogP contribution in [0.2, 0.25) is 5.15 Å². The van der Waals surface area contributed by atoms with E-state index in [-0.39, 0.29) is 11.0 Å². The fourth-order valence-corrected chi connectivity index (χ4v) is 1.34. The zero-order valence-corrected chi connectivity index (χ0v) is 7.69. The van der Waals surface area contributed by atoms with E-state index in [1.54, 1.807) is 0 Å². The Morgan fingerprint density at radius 3 is 2.86 bits per heavy atom. The summed E-state index contributed by atoms with van der Waals surface area (Å²) in [6.45, 7) is 0. The number of rotatable bonds is 1. The second-order valence-electron chi connectivity index (χ2n) is 2.61. The van der Waals surface area contributed by atoms with E-state index in [4.69, 9.17) is 17.3 Å². The predicted octanol–water partition coefficient (Wildman–Crippen LogP) is 1.07. The van der Waals surface area contributed by atoms with E-state index in [2.05, 4.69) is 15.0 Å². The molecule has 14 heavy (non-hydrogen) atoms. The Kier molecular flexibility index (Phi) is 2.01. The second kappa shape index (κ2) is 3.19. The third kappa shape index (κ3) is 1.27. The van der Waals surface area contributed by atoms with Gasteiger partial charge in [0, 0.05) is 5.56 Å². The van der Waals surface area contributed by atoms with E-state index in [1.165, 1.54) is 12.4 Å². The molecule has 0 aliphatic heterocycles. The van der Waals surface area contributed by atoms with Crippen LogP contribution in [0.5, 0.6) is 0 Å². The molecule has 0 aliphatic rings. The Labute approximate surface area is 83.9 Å². The first-order valence-corrected chi connectivity index (χ1v) is 4.12. The Bertz CT molecular complexity index is 514. The van der Waals surface area contributed by atoms with Crippen molar-refractivity contribution in [2.75, 3.05) is 5.73 Å². The Morgan fingerprint density at radius 2 is 2.14 bits per heavy atom. The van der Waals surface area contributed by atoms with Gasteiger partial charge in [-0.25, -0.2) is 15.0 Å². The van der Waals surface area contributed by atoms with Crippen LogP contribution in [-0.4, -0.2) is 21.2 Å². The van der Waals surface area contributed by atoms with Gasteiger partial charge < -0.3 is 5.73 Å². The molecule has 0 radical (unpaired) electrons. The molecule has 2 aromatic rings. The molecule has 0 saturated heterocycles. The summed E-state index contributed by atoms with van der Waals surface area (Å²) < 4.78 is 0. The third-order valence-electron chi connectivity index (χ3n) is 1.74. The van der Waals surface area contributed by atoms with Crippen molar-refractivity contribution in [3.05, 3.63) is 23.1 Å². The Hall–Kier alpha value is -1.75. The summed E-state index contributed by atoms with van der Waals surface area (Å²) in [5, 5.41) is 0.195. The molecule has 6 heteroatoms. The molecule has 0 saturated carbocycles. The van der Waals surface area contributed by atoms with E-state index in [1.807, 2.05) is 0 Å². The monoisotopic (exact) mass is 208 g/mol. The van der Waals surface area contributed by atoms with Gasteiger partial charge in [-0.1, -0.05) is 11.6 Å². The van der Waals surface area contributed by atoms with Crippen LogP contribution in [0.4, 0.5) is 5.82 Å². The van der Waals surface area contributed by atoms with Gasteiger partial charge in [-0.05, 0) is 6.07 Å². The van der Waals surface area contributed by atoms with Gasteiger partial charge in [-0.15, -0.1) is 0 Å². The number of carbonyl (C=O) groups is 1. The van der Waals surface area contributed by atoms with Gasteiger partial charge in [0.05, 0.1) is 0 Å². The first-order chi connectivity index (χ1) is 6.72. The molecule has 0 spiro atoms. The smallest absolute Gasteiger partial charge is 0.153 e. The molecule has 5 nitrogen and oxygen atoms in total. The molecule has 2 heterocycles. The highest BCUT2D eigenvalue weighted by Gasteiger charge is 2.08. The molecule has 0 aromatic carbocycles. The number of carbonyl (C=O) groups excluding carboxylic acids is 1. The van der Waals surface area contributed by atoms with Gasteiger partial charge in [0.1, 0.15) is 22.5 Å². The average molecular weight is 209 g/mol.